The Morgan fingerprint density at radius 1 is 1.24 bits per heavy atom. The van der Waals surface area contributed by atoms with E-state index in [4.69, 9.17) is 63.6 Å². The summed E-state index contributed by atoms with van der Waals surface area (Å²) in [6.07, 6.45) is 2.08. The fourth-order valence-electron chi connectivity index (χ4n) is 3.89. The molecule has 0 aromatic heterocycles. The number of hydrogen-bond acceptors (Lipinski definition) is 6. The Labute approximate surface area is 213 Å². The van der Waals surface area contributed by atoms with Gasteiger partial charge in [-0.2, -0.15) is 0 Å². The van der Waals surface area contributed by atoms with Gasteiger partial charge < -0.3 is 23.4 Å². The summed E-state index contributed by atoms with van der Waals surface area (Å²) in [5.41, 5.74) is 1.37. The lowest BCUT2D eigenvalue weighted by Gasteiger charge is -2.49. The third-order valence-electron chi connectivity index (χ3n) is 5.33. The van der Waals surface area contributed by atoms with Crippen molar-refractivity contribution >= 4 is 49.0 Å². The van der Waals surface area contributed by atoms with Crippen LogP contribution in [0.2, 0.25) is 19.6 Å². The zero-order valence-electron chi connectivity index (χ0n) is 19.8. The molecule has 6 nitrogen and oxygen atoms in total. The van der Waals surface area contributed by atoms with Crippen LogP contribution in [0.4, 0.5) is 0 Å². The van der Waals surface area contributed by atoms with Crippen LogP contribution < -0.4 is 0 Å². The first-order chi connectivity index (χ1) is 15.4. The third kappa shape index (κ3) is 8.82. The Morgan fingerprint density at radius 2 is 1.91 bits per heavy atom. The predicted molar refractivity (Wildman–Crippen MR) is 136 cm³/mol. The Morgan fingerprint density at radius 3 is 2.48 bits per heavy atom. The van der Waals surface area contributed by atoms with Gasteiger partial charge in [-0.25, -0.2) is 0 Å². The average molecular weight is 539 g/mol. The normalized spacial score (nSPS) is 25.3. The van der Waals surface area contributed by atoms with Gasteiger partial charge in [0.05, 0.1) is 18.8 Å². The van der Waals surface area contributed by atoms with E-state index < -0.39 is 29.9 Å². The first-order valence-electron chi connectivity index (χ1n) is 10.8. The molecular formula is C23H34Cl3NO5Si. The van der Waals surface area contributed by atoms with Crippen molar-refractivity contribution in [3.8, 4) is 0 Å². The first-order valence-corrected chi connectivity index (χ1v) is 15.4. The second kappa shape index (κ2) is 12.4. The summed E-state index contributed by atoms with van der Waals surface area (Å²) in [5.74, 6) is -0.549. The molecule has 1 aromatic rings. The highest BCUT2D eigenvalue weighted by molar-refractivity contribution is 6.76. The Hall–Kier alpha value is -0.643. The second-order valence-corrected chi connectivity index (χ2v) is 15.7. The van der Waals surface area contributed by atoms with E-state index >= 15 is 0 Å². The summed E-state index contributed by atoms with van der Waals surface area (Å²) in [5, 5.41) is 7.75. The van der Waals surface area contributed by atoms with E-state index in [1.165, 1.54) is 0 Å². The van der Waals surface area contributed by atoms with Crippen LogP contribution in [0, 0.1) is 11.3 Å². The molecule has 0 spiro atoms. The molecule has 0 saturated carbocycles. The van der Waals surface area contributed by atoms with Crippen LogP contribution in [-0.4, -0.2) is 56.8 Å². The van der Waals surface area contributed by atoms with Crippen molar-refractivity contribution < 1.29 is 23.4 Å². The van der Waals surface area contributed by atoms with Crippen molar-refractivity contribution in [2.75, 3.05) is 26.9 Å². The molecule has 10 heteroatoms. The maximum atomic E-state index is 7.75. The van der Waals surface area contributed by atoms with Gasteiger partial charge in [-0.3, -0.25) is 5.41 Å². The Bertz CT molecular complexity index is 798. The van der Waals surface area contributed by atoms with Gasteiger partial charge in [-0.05, 0) is 50.2 Å². The molecule has 33 heavy (non-hydrogen) atoms. The molecule has 1 aromatic carbocycles. The predicted octanol–water partition coefficient (Wildman–Crippen LogP) is 6.11. The van der Waals surface area contributed by atoms with E-state index in [0.29, 0.717) is 26.2 Å². The smallest absolute Gasteiger partial charge is 0.265 e. The van der Waals surface area contributed by atoms with Crippen molar-refractivity contribution in [1.29, 1.82) is 5.41 Å². The van der Waals surface area contributed by atoms with Crippen LogP contribution >= 0.6 is 34.8 Å². The minimum absolute atomic E-state index is 0.0605. The lowest BCUT2D eigenvalue weighted by atomic mass is 9.78. The van der Waals surface area contributed by atoms with Gasteiger partial charge in [0.25, 0.3) is 3.79 Å². The number of hydrogen-bond donors (Lipinski definition) is 1. The molecule has 186 valence electrons. The maximum Gasteiger partial charge on any atom is 0.265 e. The van der Waals surface area contributed by atoms with Crippen molar-refractivity contribution in [2.24, 2.45) is 5.92 Å². The zero-order valence-corrected chi connectivity index (χ0v) is 23.1. The van der Waals surface area contributed by atoms with Crippen LogP contribution in [0.15, 0.2) is 42.0 Å². The molecule has 0 aliphatic carbocycles. The molecule has 1 aliphatic heterocycles. The average Bonchev–Trinajstić information content (AvgIpc) is 2.71. The molecule has 0 amide bonds. The summed E-state index contributed by atoms with van der Waals surface area (Å²) in [7, 11) is -0.337. The van der Waals surface area contributed by atoms with Gasteiger partial charge in [0.15, 0.2) is 14.6 Å². The van der Waals surface area contributed by atoms with Gasteiger partial charge in [-0.15, -0.1) is 0 Å². The Kier molecular flexibility index (Phi) is 10.7. The van der Waals surface area contributed by atoms with Crippen LogP contribution in [0.1, 0.15) is 18.9 Å². The van der Waals surface area contributed by atoms with E-state index in [1.807, 2.05) is 36.4 Å². The van der Waals surface area contributed by atoms with E-state index in [9.17, 15) is 0 Å². The lowest BCUT2D eigenvalue weighted by Crippen LogP contribution is -2.56. The molecule has 2 rings (SSSR count). The van der Waals surface area contributed by atoms with Crippen molar-refractivity contribution in [3.05, 3.63) is 47.5 Å². The van der Waals surface area contributed by atoms with E-state index in [1.54, 1.807) is 7.11 Å². The molecule has 1 N–H and O–H groups in total. The molecule has 1 heterocycles. The standard InChI is InChI=1S/C23H34Cl3NO5Si/c1-22(32-33(3,4)5)18(11-14-30-21(27)23(24,25)26)16-31-20(28-2)19(22)12-13-29-15-17-9-7-6-8-10-17/h6-11,19-20,27H,12-16H2,1-5H3/b18-11+,27-21?/t19-,20+,22+/m0/s1. The van der Waals surface area contributed by atoms with Gasteiger partial charge in [0.2, 0.25) is 5.90 Å². The minimum Gasteiger partial charge on any atom is -0.474 e. The van der Waals surface area contributed by atoms with Crippen molar-refractivity contribution in [2.45, 2.75) is 55.3 Å². The van der Waals surface area contributed by atoms with Crippen molar-refractivity contribution in [1.82, 2.24) is 0 Å². The third-order valence-corrected chi connectivity index (χ3v) is 6.88. The summed E-state index contributed by atoms with van der Waals surface area (Å²) < 4.78 is 27.8. The molecule has 0 radical (unpaired) electrons. The summed E-state index contributed by atoms with van der Waals surface area (Å²) >= 11 is 17.1. The van der Waals surface area contributed by atoms with Gasteiger partial charge in [0, 0.05) is 19.6 Å². The number of halogens is 3. The van der Waals surface area contributed by atoms with E-state index in [-0.39, 0.29) is 12.5 Å². The molecule has 0 bridgehead atoms. The number of methoxy groups -OCH3 is 1. The monoisotopic (exact) mass is 537 g/mol. The number of rotatable bonds is 10. The molecule has 1 aliphatic rings. The summed E-state index contributed by atoms with van der Waals surface area (Å²) in [6, 6.07) is 10.0. The van der Waals surface area contributed by atoms with Gasteiger partial charge in [-0.1, -0.05) is 65.1 Å². The molecule has 0 unspecified atom stereocenters. The Balaban J connectivity index is 2.17. The van der Waals surface area contributed by atoms with Gasteiger partial charge >= 0.3 is 0 Å². The quantitative estimate of drug-likeness (QED) is 0.0971. The largest absolute Gasteiger partial charge is 0.474 e. The number of alkyl halides is 3. The molecule has 3 atom stereocenters. The SMILES string of the molecule is CO[C@@H]1OC/C(=C\COC(=N)C(Cl)(Cl)Cl)[C@@](C)(O[Si](C)(C)C)[C@H]1CCOCc1ccccc1. The highest BCUT2D eigenvalue weighted by atomic mass is 35.6. The summed E-state index contributed by atoms with van der Waals surface area (Å²) in [6.45, 7) is 9.92. The molecule has 1 saturated heterocycles. The number of nitrogens with one attached hydrogen (secondary N) is 1. The molecular weight excluding hydrogens is 505 g/mol. The zero-order chi connectivity index (χ0) is 24.7. The van der Waals surface area contributed by atoms with E-state index in [2.05, 4.69) is 26.6 Å². The van der Waals surface area contributed by atoms with Gasteiger partial charge in [0.1, 0.15) is 6.61 Å². The number of ether oxygens (including phenoxy) is 4. The highest BCUT2D eigenvalue weighted by Gasteiger charge is 2.49. The highest BCUT2D eigenvalue weighted by Crippen LogP contribution is 2.42. The van der Waals surface area contributed by atoms with Crippen LogP contribution in [0.25, 0.3) is 0 Å². The van der Waals surface area contributed by atoms with E-state index in [0.717, 1.165) is 11.1 Å². The fourth-order valence-corrected chi connectivity index (χ4v) is 5.61. The lowest BCUT2D eigenvalue weighted by molar-refractivity contribution is -0.212. The van der Waals surface area contributed by atoms with Crippen molar-refractivity contribution in [3.63, 3.8) is 0 Å². The summed E-state index contributed by atoms with van der Waals surface area (Å²) in [4.78, 5) is 0. The minimum atomic E-state index is -1.97. The number of benzene rings is 1. The maximum absolute atomic E-state index is 7.75. The molecule has 1 fully saturated rings. The fraction of sp³-hybridized carbons (Fsp3) is 0.609. The topological polar surface area (TPSA) is 70.0 Å². The van der Waals surface area contributed by atoms with Crippen LogP contribution in [-0.2, 0) is 30.0 Å². The second-order valence-electron chi connectivity index (χ2n) is 9.04. The van der Waals surface area contributed by atoms with Crippen LogP contribution in [0.3, 0.4) is 0 Å². The van der Waals surface area contributed by atoms with Crippen LogP contribution in [0.5, 0.6) is 0 Å². The first kappa shape index (κ1) is 28.6.